The topological polar surface area (TPSA) is 46.5 Å². The van der Waals surface area contributed by atoms with Crippen molar-refractivity contribution < 1.29 is 14.9 Å². The zero-order valence-corrected chi connectivity index (χ0v) is 7.27. The molecule has 1 rings (SSSR count). The Kier molecular flexibility index (Phi) is 4.49. The molecule has 0 heterocycles. The minimum atomic E-state index is -0.736. The maximum absolute atomic E-state index is 10.5. The Hall–Kier alpha value is -0.870. The molecular formula is C7H7BrO3. The second kappa shape index (κ2) is 4.87. The van der Waals surface area contributed by atoms with E-state index in [1.165, 1.54) is 0 Å². The lowest BCUT2D eigenvalue weighted by molar-refractivity contribution is -0.182. The molecule has 0 radical (unpaired) electrons. The minimum absolute atomic E-state index is 0. The quantitative estimate of drug-likeness (QED) is 0.579. The first-order valence-electron chi connectivity index (χ1n) is 2.75. The number of carbonyl (C=O) groups excluding carboxylic acids is 1. The maximum Gasteiger partial charge on any atom is 0.372 e. The Morgan fingerprint density at radius 3 is 2.27 bits per heavy atom. The predicted molar refractivity (Wildman–Crippen MR) is 44.8 cm³/mol. The molecular weight excluding hydrogens is 212 g/mol. The molecule has 0 saturated carbocycles. The number of benzene rings is 1. The van der Waals surface area contributed by atoms with Gasteiger partial charge < -0.3 is 0 Å². The molecule has 0 fully saturated rings. The third-order valence-corrected chi connectivity index (χ3v) is 1.09. The fourth-order valence-electron chi connectivity index (χ4n) is 0.627. The van der Waals surface area contributed by atoms with Crippen molar-refractivity contribution in [2.24, 2.45) is 0 Å². The summed E-state index contributed by atoms with van der Waals surface area (Å²) in [4.78, 5) is 14.0. The van der Waals surface area contributed by atoms with Gasteiger partial charge in [-0.3, -0.25) is 4.89 Å². The van der Waals surface area contributed by atoms with Crippen molar-refractivity contribution >= 4 is 23.0 Å². The Labute approximate surface area is 74.3 Å². The van der Waals surface area contributed by atoms with E-state index in [0.29, 0.717) is 5.56 Å². The Bertz CT molecular complexity index is 222. The highest BCUT2D eigenvalue weighted by Crippen LogP contribution is 1.98. The summed E-state index contributed by atoms with van der Waals surface area (Å²) in [5, 5.41) is 7.94. The zero-order chi connectivity index (χ0) is 7.40. The fraction of sp³-hybridized carbons (Fsp3) is 0. The normalized spacial score (nSPS) is 8.09. The summed E-state index contributed by atoms with van der Waals surface area (Å²) in [6.07, 6.45) is 0. The van der Waals surface area contributed by atoms with Gasteiger partial charge in [0.15, 0.2) is 0 Å². The zero-order valence-electron chi connectivity index (χ0n) is 5.56. The SMILES string of the molecule is Br.O=C(OO)c1ccccc1. The molecule has 1 aromatic carbocycles. The Morgan fingerprint density at radius 1 is 1.27 bits per heavy atom. The smallest absolute Gasteiger partial charge is 0.296 e. The lowest BCUT2D eigenvalue weighted by atomic mass is 10.2. The van der Waals surface area contributed by atoms with Crippen LogP contribution in [0.2, 0.25) is 0 Å². The van der Waals surface area contributed by atoms with Gasteiger partial charge in [-0.05, 0) is 12.1 Å². The number of hydrogen-bond acceptors (Lipinski definition) is 3. The van der Waals surface area contributed by atoms with Gasteiger partial charge in [0.25, 0.3) is 0 Å². The van der Waals surface area contributed by atoms with E-state index in [9.17, 15) is 4.79 Å². The third kappa shape index (κ3) is 2.69. The maximum atomic E-state index is 10.5. The number of rotatable bonds is 1. The van der Waals surface area contributed by atoms with E-state index in [4.69, 9.17) is 5.26 Å². The van der Waals surface area contributed by atoms with Crippen LogP contribution in [-0.4, -0.2) is 11.2 Å². The van der Waals surface area contributed by atoms with E-state index in [0.717, 1.165) is 0 Å². The fourth-order valence-corrected chi connectivity index (χ4v) is 0.627. The van der Waals surface area contributed by atoms with Crippen LogP contribution in [0.4, 0.5) is 0 Å². The number of halogens is 1. The van der Waals surface area contributed by atoms with Gasteiger partial charge in [-0.25, -0.2) is 4.79 Å². The van der Waals surface area contributed by atoms with Crippen molar-refractivity contribution in [1.29, 1.82) is 0 Å². The van der Waals surface area contributed by atoms with Crippen molar-refractivity contribution in [3.05, 3.63) is 35.9 Å². The molecule has 0 aliphatic carbocycles. The molecule has 0 bridgehead atoms. The molecule has 0 amide bonds. The number of carbonyl (C=O) groups is 1. The predicted octanol–water partition coefficient (Wildman–Crippen LogP) is 1.89. The average Bonchev–Trinajstić information content (AvgIpc) is 2.05. The summed E-state index contributed by atoms with van der Waals surface area (Å²) in [6, 6.07) is 8.25. The van der Waals surface area contributed by atoms with Crippen molar-refractivity contribution in [2.75, 3.05) is 0 Å². The van der Waals surface area contributed by atoms with Crippen molar-refractivity contribution in [3.63, 3.8) is 0 Å². The van der Waals surface area contributed by atoms with Gasteiger partial charge in [-0.1, -0.05) is 18.2 Å². The van der Waals surface area contributed by atoms with Gasteiger partial charge in [0, 0.05) is 0 Å². The van der Waals surface area contributed by atoms with Crippen LogP contribution < -0.4 is 0 Å². The standard InChI is InChI=1S/C7H6O3.BrH/c8-7(10-9)6-4-2-1-3-5-6;/h1-5,9H;1H. The van der Waals surface area contributed by atoms with E-state index in [1.807, 2.05) is 0 Å². The van der Waals surface area contributed by atoms with Crippen LogP contribution in [0.1, 0.15) is 10.4 Å². The monoisotopic (exact) mass is 218 g/mol. The summed E-state index contributed by atoms with van der Waals surface area (Å²) < 4.78 is 0. The van der Waals surface area contributed by atoms with E-state index in [-0.39, 0.29) is 17.0 Å². The molecule has 0 aliphatic heterocycles. The van der Waals surface area contributed by atoms with E-state index in [1.54, 1.807) is 30.3 Å². The summed E-state index contributed by atoms with van der Waals surface area (Å²) in [7, 11) is 0. The van der Waals surface area contributed by atoms with Crippen LogP contribution in [0.3, 0.4) is 0 Å². The minimum Gasteiger partial charge on any atom is -0.296 e. The van der Waals surface area contributed by atoms with Crippen LogP contribution >= 0.6 is 17.0 Å². The molecule has 11 heavy (non-hydrogen) atoms. The van der Waals surface area contributed by atoms with E-state index < -0.39 is 5.97 Å². The average molecular weight is 219 g/mol. The molecule has 0 unspecified atom stereocenters. The van der Waals surface area contributed by atoms with E-state index >= 15 is 0 Å². The lowest BCUT2D eigenvalue weighted by Crippen LogP contribution is -2.00. The van der Waals surface area contributed by atoms with Gasteiger partial charge in [0.05, 0.1) is 5.56 Å². The highest BCUT2D eigenvalue weighted by Gasteiger charge is 2.02. The summed E-state index contributed by atoms with van der Waals surface area (Å²) in [6.45, 7) is 0. The summed E-state index contributed by atoms with van der Waals surface area (Å²) in [5.41, 5.74) is 0.338. The van der Waals surface area contributed by atoms with Crippen LogP contribution in [0, 0.1) is 0 Å². The molecule has 60 valence electrons. The van der Waals surface area contributed by atoms with Gasteiger partial charge in [-0.15, -0.1) is 17.0 Å². The molecule has 0 spiro atoms. The molecule has 4 heteroatoms. The van der Waals surface area contributed by atoms with Gasteiger partial charge in [0.2, 0.25) is 0 Å². The molecule has 0 aliphatic rings. The lowest BCUT2D eigenvalue weighted by Gasteiger charge is -1.92. The van der Waals surface area contributed by atoms with Crippen molar-refractivity contribution in [1.82, 2.24) is 0 Å². The highest BCUT2D eigenvalue weighted by molar-refractivity contribution is 8.93. The summed E-state index contributed by atoms with van der Waals surface area (Å²) >= 11 is 0. The largest absolute Gasteiger partial charge is 0.372 e. The molecule has 0 aromatic heterocycles. The first-order chi connectivity index (χ1) is 4.84. The second-order valence-corrected chi connectivity index (χ2v) is 1.74. The van der Waals surface area contributed by atoms with E-state index in [2.05, 4.69) is 4.89 Å². The van der Waals surface area contributed by atoms with Gasteiger partial charge >= 0.3 is 5.97 Å². The van der Waals surface area contributed by atoms with Crippen LogP contribution in [0.5, 0.6) is 0 Å². The first-order valence-corrected chi connectivity index (χ1v) is 2.75. The van der Waals surface area contributed by atoms with Gasteiger partial charge in [0.1, 0.15) is 0 Å². The first kappa shape index (κ1) is 10.1. The molecule has 0 saturated heterocycles. The third-order valence-electron chi connectivity index (χ3n) is 1.09. The van der Waals surface area contributed by atoms with Crippen molar-refractivity contribution in [3.8, 4) is 0 Å². The molecule has 0 atom stereocenters. The van der Waals surface area contributed by atoms with Gasteiger partial charge in [-0.2, -0.15) is 5.26 Å². The molecule has 3 nitrogen and oxygen atoms in total. The van der Waals surface area contributed by atoms with Crippen LogP contribution in [0.25, 0.3) is 0 Å². The summed E-state index contributed by atoms with van der Waals surface area (Å²) in [5.74, 6) is -0.736. The highest BCUT2D eigenvalue weighted by atomic mass is 79.9. The second-order valence-electron chi connectivity index (χ2n) is 1.74. The number of hydrogen-bond donors (Lipinski definition) is 1. The molecule has 1 aromatic rings. The molecule has 1 N–H and O–H groups in total. The van der Waals surface area contributed by atoms with Crippen LogP contribution in [-0.2, 0) is 4.89 Å². The van der Waals surface area contributed by atoms with Crippen LogP contribution in [0.15, 0.2) is 30.3 Å². The Morgan fingerprint density at radius 2 is 1.82 bits per heavy atom. The Balaban J connectivity index is 0.000001000. The van der Waals surface area contributed by atoms with Crippen molar-refractivity contribution in [2.45, 2.75) is 0 Å².